The molecule has 0 unspecified atom stereocenters. The smallest absolute Gasteiger partial charge is 0.276 e. The zero-order valence-electron chi connectivity index (χ0n) is 8.76. The number of aromatic nitrogens is 1. The molecular weight excluding hydrogens is 230 g/mol. The largest absolute Gasteiger partial charge is 0.364 e. The van der Waals surface area contributed by atoms with E-state index in [0.717, 1.165) is 26.2 Å². The molecule has 3 rings (SSSR count). The molecule has 3 heterocycles. The van der Waals surface area contributed by atoms with Gasteiger partial charge in [-0.15, -0.1) is 12.4 Å². The first kappa shape index (κ1) is 11.4. The van der Waals surface area contributed by atoms with Crippen LogP contribution in [0.15, 0.2) is 16.9 Å². The first-order valence-corrected chi connectivity index (χ1v) is 5.25. The Morgan fingerprint density at radius 3 is 2.69 bits per heavy atom. The molecule has 0 aliphatic carbocycles. The summed E-state index contributed by atoms with van der Waals surface area (Å²) in [5.41, 5.74) is 0.419. The van der Waals surface area contributed by atoms with Crippen molar-refractivity contribution < 1.29 is 9.32 Å². The quantitative estimate of drug-likeness (QED) is 0.775. The van der Waals surface area contributed by atoms with Crippen LogP contribution >= 0.6 is 12.4 Å². The maximum Gasteiger partial charge on any atom is 0.276 e. The summed E-state index contributed by atoms with van der Waals surface area (Å²) < 4.78 is 4.68. The van der Waals surface area contributed by atoms with E-state index in [1.54, 1.807) is 6.07 Å². The molecule has 1 amide bonds. The number of carbonyl (C=O) groups is 1. The van der Waals surface area contributed by atoms with Gasteiger partial charge in [0.05, 0.1) is 0 Å². The van der Waals surface area contributed by atoms with Crippen LogP contribution in [0.4, 0.5) is 0 Å². The summed E-state index contributed by atoms with van der Waals surface area (Å²) in [4.78, 5) is 13.8. The summed E-state index contributed by atoms with van der Waals surface area (Å²) >= 11 is 0. The molecule has 6 heteroatoms. The minimum absolute atomic E-state index is 0. The van der Waals surface area contributed by atoms with Crippen molar-refractivity contribution in [3.8, 4) is 0 Å². The molecule has 1 aromatic heterocycles. The number of nitrogens with one attached hydrogen (secondary N) is 1. The molecule has 2 saturated heterocycles. The third kappa shape index (κ3) is 1.81. The number of fused-ring (bicyclic) bond motifs is 1. The molecule has 0 radical (unpaired) electrons. The fourth-order valence-corrected chi connectivity index (χ4v) is 2.51. The summed E-state index contributed by atoms with van der Waals surface area (Å²) in [6, 6.07) is 1.62. The van der Waals surface area contributed by atoms with Crippen LogP contribution in [0.5, 0.6) is 0 Å². The lowest BCUT2D eigenvalue weighted by Crippen LogP contribution is -2.32. The van der Waals surface area contributed by atoms with E-state index in [9.17, 15) is 4.79 Å². The molecule has 0 aromatic carbocycles. The Kier molecular flexibility index (Phi) is 3.16. The van der Waals surface area contributed by atoms with Crippen LogP contribution in [0.1, 0.15) is 10.5 Å². The lowest BCUT2D eigenvalue weighted by atomic mass is 10.0. The highest BCUT2D eigenvalue weighted by molar-refractivity contribution is 5.92. The van der Waals surface area contributed by atoms with Crippen molar-refractivity contribution in [3.05, 3.63) is 18.0 Å². The monoisotopic (exact) mass is 243 g/mol. The van der Waals surface area contributed by atoms with Gasteiger partial charge in [0.2, 0.25) is 0 Å². The third-order valence-electron chi connectivity index (χ3n) is 3.33. The molecule has 0 bridgehead atoms. The molecule has 2 atom stereocenters. The summed E-state index contributed by atoms with van der Waals surface area (Å²) in [6.07, 6.45) is 1.44. The zero-order chi connectivity index (χ0) is 10.3. The number of carbonyl (C=O) groups excluding carboxylic acids is 1. The fraction of sp³-hybridized carbons (Fsp3) is 0.600. The van der Waals surface area contributed by atoms with Crippen LogP contribution in [0.2, 0.25) is 0 Å². The van der Waals surface area contributed by atoms with Crippen LogP contribution < -0.4 is 5.32 Å². The van der Waals surface area contributed by atoms with Gasteiger partial charge in [-0.1, -0.05) is 5.16 Å². The molecule has 1 N–H and O–H groups in total. The SMILES string of the molecule is Cl.O=C(c1ccon1)N1C[C@H]2CNC[C@H]2C1. The Bertz CT molecular complexity index is 356. The van der Waals surface area contributed by atoms with Crippen LogP contribution in [0.25, 0.3) is 0 Å². The Labute approximate surface area is 99.6 Å². The Morgan fingerprint density at radius 1 is 1.44 bits per heavy atom. The van der Waals surface area contributed by atoms with Gasteiger partial charge in [0.25, 0.3) is 5.91 Å². The summed E-state index contributed by atoms with van der Waals surface area (Å²) in [5, 5.41) is 7.02. The number of hydrogen-bond acceptors (Lipinski definition) is 4. The highest BCUT2D eigenvalue weighted by Gasteiger charge is 2.38. The van der Waals surface area contributed by atoms with E-state index in [0.29, 0.717) is 17.5 Å². The molecule has 5 nitrogen and oxygen atoms in total. The molecule has 2 aliphatic rings. The first-order valence-electron chi connectivity index (χ1n) is 5.25. The second kappa shape index (κ2) is 4.43. The molecule has 16 heavy (non-hydrogen) atoms. The zero-order valence-corrected chi connectivity index (χ0v) is 9.57. The van der Waals surface area contributed by atoms with Gasteiger partial charge in [0.1, 0.15) is 6.26 Å². The molecule has 2 aliphatic heterocycles. The summed E-state index contributed by atoms with van der Waals surface area (Å²) in [5.74, 6) is 1.25. The molecular formula is C10H14ClN3O2. The van der Waals surface area contributed by atoms with Crippen LogP contribution in [-0.2, 0) is 0 Å². The highest BCUT2D eigenvalue weighted by atomic mass is 35.5. The number of halogens is 1. The van der Waals surface area contributed by atoms with Crippen molar-refractivity contribution in [3.63, 3.8) is 0 Å². The van der Waals surface area contributed by atoms with Crippen LogP contribution in [-0.4, -0.2) is 42.1 Å². The van der Waals surface area contributed by atoms with Gasteiger partial charge in [-0.05, 0) is 11.8 Å². The van der Waals surface area contributed by atoms with Gasteiger partial charge < -0.3 is 14.7 Å². The van der Waals surface area contributed by atoms with E-state index in [2.05, 4.69) is 15.0 Å². The molecule has 88 valence electrons. The minimum atomic E-state index is -0.00171. The van der Waals surface area contributed by atoms with Crippen molar-refractivity contribution in [2.75, 3.05) is 26.2 Å². The Balaban J connectivity index is 0.000000963. The van der Waals surface area contributed by atoms with Crippen molar-refractivity contribution in [2.24, 2.45) is 11.8 Å². The van der Waals surface area contributed by atoms with Gasteiger partial charge in [-0.3, -0.25) is 4.79 Å². The van der Waals surface area contributed by atoms with E-state index in [1.807, 2.05) is 4.90 Å². The molecule has 1 aromatic rings. The second-order valence-electron chi connectivity index (χ2n) is 4.27. The van der Waals surface area contributed by atoms with Crippen LogP contribution in [0.3, 0.4) is 0 Å². The lowest BCUT2D eigenvalue weighted by Gasteiger charge is -2.15. The maximum atomic E-state index is 11.9. The molecule has 2 fully saturated rings. The second-order valence-corrected chi connectivity index (χ2v) is 4.27. The van der Waals surface area contributed by atoms with Crippen molar-refractivity contribution in [2.45, 2.75) is 0 Å². The van der Waals surface area contributed by atoms with E-state index >= 15 is 0 Å². The normalized spacial score (nSPS) is 27.6. The first-order chi connectivity index (χ1) is 7.34. The number of amides is 1. The number of nitrogens with zero attached hydrogens (tertiary/aromatic N) is 2. The third-order valence-corrected chi connectivity index (χ3v) is 3.33. The molecule has 0 saturated carbocycles. The van der Waals surface area contributed by atoms with Crippen molar-refractivity contribution in [1.82, 2.24) is 15.4 Å². The standard InChI is InChI=1S/C10H13N3O2.ClH/c14-10(9-1-2-15-12-9)13-5-7-3-11-4-8(7)6-13;/h1-2,7-8,11H,3-6H2;1H/t7-,8+;. The van der Waals surface area contributed by atoms with E-state index in [1.165, 1.54) is 6.26 Å². The van der Waals surface area contributed by atoms with E-state index in [4.69, 9.17) is 0 Å². The average molecular weight is 244 g/mol. The highest BCUT2D eigenvalue weighted by Crippen LogP contribution is 2.27. The molecule has 0 spiro atoms. The van der Waals surface area contributed by atoms with Crippen LogP contribution in [0, 0.1) is 11.8 Å². The minimum Gasteiger partial charge on any atom is -0.364 e. The predicted octanol–water partition coefficient (Wildman–Crippen LogP) is 0.388. The number of hydrogen-bond donors (Lipinski definition) is 1. The van der Waals surface area contributed by atoms with Gasteiger partial charge in [0.15, 0.2) is 5.69 Å². The summed E-state index contributed by atoms with van der Waals surface area (Å²) in [6.45, 7) is 3.77. The van der Waals surface area contributed by atoms with Crippen molar-refractivity contribution >= 4 is 18.3 Å². The lowest BCUT2D eigenvalue weighted by molar-refractivity contribution is 0.0771. The summed E-state index contributed by atoms with van der Waals surface area (Å²) in [7, 11) is 0. The van der Waals surface area contributed by atoms with E-state index < -0.39 is 0 Å². The fourth-order valence-electron chi connectivity index (χ4n) is 2.51. The average Bonchev–Trinajstić information content (AvgIpc) is 2.92. The van der Waals surface area contributed by atoms with Gasteiger partial charge in [-0.25, -0.2) is 0 Å². The Hall–Kier alpha value is -1.07. The topological polar surface area (TPSA) is 58.4 Å². The van der Waals surface area contributed by atoms with Gasteiger partial charge in [-0.2, -0.15) is 0 Å². The van der Waals surface area contributed by atoms with Gasteiger partial charge in [0, 0.05) is 32.2 Å². The number of rotatable bonds is 1. The van der Waals surface area contributed by atoms with Crippen molar-refractivity contribution in [1.29, 1.82) is 0 Å². The van der Waals surface area contributed by atoms with E-state index in [-0.39, 0.29) is 18.3 Å². The number of likely N-dealkylation sites (tertiary alicyclic amines) is 1. The predicted molar refractivity (Wildman–Crippen MR) is 59.5 cm³/mol. The maximum absolute atomic E-state index is 11.9. The van der Waals surface area contributed by atoms with Gasteiger partial charge >= 0.3 is 0 Å². The Morgan fingerprint density at radius 2 is 2.12 bits per heavy atom.